The van der Waals surface area contributed by atoms with Crippen molar-refractivity contribution < 1.29 is 27.8 Å². The fourth-order valence-corrected chi connectivity index (χ4v) is 5.16. The fourth-order valence-electron chi connectivity index (χ4n) is 5.16. The molecule has 37 heavy (non-hydrogen) atoms. The van der Waals surface area contributed by atoms with Gasteiger partial charge in [-0.05, 0) is 49.6 Å². The SMILES string of the molecule is CN1CCN(C(CC2(O)CCCCC2)c2ccc(OCc3ccccc3)c(OC(F)(F)F)c2)CC1.Cl.Cl. The highest BCUT2D eigenvalue weighted by Crippen LogP contribution is 2.41. The lowest BCUT2D eigenvalue weighted by atomic mass is 9.78. The molecule has 1 N–H and O–H groups in total. The van der Waals surface area contributed by atoms with Crippen molar-refractivity contribution in [2.75, 3.05) is 33.2 Å². The molecule has 2 aromatic carbocycles. The predicted octanol–water partition coefficient (Wildman–Crippen LogP) is 6.38. The van der Waals surface area contributed by atoms with Crippen LogP contribution in [0.15, 0.2) is 48.5 Å². The van der Waals surface area contributed by atoms with E-state index in [2.05, 4.69) is 21.6 Å². The molecule has 2 aliphatic rings. The predicted molar refractivity (Wildman–Crippen MR) is 143 cm³/mol. The third kappa shape index (κ3) is 9.21. The van der Waals surface area contributed by atoms with Crippen LogP contribution in [-0.4, -0.2) is 60.1 Å². The summed E-state index contributed by atoms with van der Waals surface area (Å²) in [5, 5.41) is 11.3. The van der Waals surface area contributed by atoms with Crippen LogP contribution in [0.2, 0.25) is 0 Å². The molecular formula is C27H37Cl2F3N2O3. The number of piperazine rings is 1. The van der Waals surface area contributed by atoms with Gasteiger partial charge in [-0.15, -0.1) is 38.0 Å². The van der Waals surface area contributed by atoms with Crippen molar-refractivity contribution in [3.05, 3.63) is 59.7 Å². The molecule has 1 heterocycles. The van der Waals surface area contributed by atoms with Gasteiger partial charge in [-0.1, -0.05) is 55.7 Å². The van der Waals surface area contributed by atoms with Crippen LogP contribution in [0.3, 0.4) is 0 Å². The maximum atomic E-state index is 13.3. The van der Waals surface area contributed by atoms with E-state index < -0.39 is 12.0 Å². The molecule has 1 aliphatic carbocycles. The van der Waals surface area contributed by atoms with Crippen LogP contribution in [0, 0.1) is 0 Å². The number of ether oxygens (including phenoxy) is 2. The molecule has 1 unspecified atom stereocenters. The van der Waals surface area contributed by atoms with E-state index in [1.807, 2.05) is 36.4 Å². The van der Waals surface area contributed by atoms with Gasteiger partial charge in [0.25, 0.3) is 0 Å². The number of aliphatic hydroxyl groups is 1. The number of benzene rings is 2. The van der Waals surface area contributed by atoms with Gasteiger partial charge in [-0.2, -0.15) is 0 Å². The summed E-state index contributed by atoms with van der Waals surface area (Å²) in [6, 6.07) is 13.9. The number of likely N-dealkylation sites (N-methyl/N-ethyl adjacent to an activating group) is 1. The van der Waals surface area contributed by atoms with Crippen LogP contribution in [0.1, 0.15) is 55.7 Å². The van der Waals surface area contributed by atoms with Crippen molar-refractivity contribution in [2.24, 2.45) is 0 Å². The molecule has 10 heteroatoms. The van der Waals surface area contributed by atoms with Gasteiger partial charge < -0.3 is 19.5 Å². The fraction of sp³-hybridized carbons (Fsp3) is 0.556. The minimum Gasteiger partial charge on any atom is -0.485 e. The lowest BCUT2D eigenvalue weighted by Gasteiger charge is -2.43. The second kappa shape index (κ2) is 13.9. The van der Waals surface area contributed by atoms with E-state index in [9.17, 15) is 18.3 Å². The monoisotopic (exact) mass is 564 g/mol. The van der Waals surface area contributed by atoms with Crippen molar-refractivity contribution in [3.8, 4) is 11.5 Å². The van der Waals surface area contributed by atoms with Crippen molar-refractivity contribution >= 4 is 24.8 Å². The summed E-state index contributed by atoms with van der Waals surface area (Å²) in [7, 11) is 2.06. The Morgan fingerprint density at radius 1 is 0.919 bits per heavy atom. The molecule has 0 amide bonds. The van der Waals surface area contributed by atoms with E-state index in [1.165, 1.54) is 6.07 Å². The molecule has 1 atom stereocenters. The number of alkyl halides is 3. The van der Waals surface area contributed by atoms with Crippen LogP contribution >= 0.6 is 24.8 Å². The second-order valence-corrected chi connectivity index (χ2v) is 9.87. The first-order valence-corrected chi connectivity index (χ1v) is 12.4. The van der Waals surface area contributed by atoms with Crippen LogP contribution < -0.4 is 9.47 Å². The first-order valence-electron chi connectivity index (χ1n) is 12.4. The van der Waals surface area contributed by atoms with E-state index in [0.29, 0.717) is 12.0 Å². The van der Waals surface area contributed by atoms with Crippen LogP contribution in [0.4, 0.5) is 13.2 Å². The largest absolute Gasteiger partial charge is 0.573 e. The number of hydrogen-bond acceptors (Lipinski definition) is 5. The van der Waals surface area contributed by atoms with Gasteiger partial charge in [0.15, 0.2) is 11.5 Å². The Bertz CT molecular complexity index is 952. The van der Waals surface area contributed by atoms with Crippen LogP contribution in [0.25, 0.3) is 0 Å². The first kappa shape index (κ1) is 31.5. The van der Waals surface area contributed by atoms with Gasteiger partial charge in [-0.3, -0.25) is 4.90 Å². The Balaban J connectivity index is 0.00000241. The molecule has 1 saturated carbocycles. The summed E-state index contributed by atoms with van der Waals surface area (Å²) in [4.78, 5) is 4.52. The lowest BCUT2D eigenvalue weighted by molar-refractivity contribution is -0.275. The quantitative estimate of drug-likeness (QED) is 0.403. The molecule has 5 nitrogen and oxygen atoms in total. The normalized spacial score (nSPS) is 19.3. The summed E-state index contributed by atoms with van der Waals surface area (Å²) < 4.78 is 50.1. The third-order valence-electron chi connectivity index (χ3n) is 7.15. The standard InChI is InChI=1S/C27H35F3N2O3.2ClH/c1-31-14-16-32(17-15-31)23(19-26(33)12-6-3-7-13-26)22-10-11-24(25(18-22)35-27(28,29)30)34-20-21-8-4-2-5-9-21;;/h2,4-5,8-11,18,23,33H,3,6-7,12-17,19-20H2,1H3;2*1H. The summed E-state index contributed by atoms with van der Waals surface area (Å²) in [5.41, 5.74) is 0.754. The minimum absolute atomic E-state index is 0. The van der Waals surface area contributed by atoms with Crippen LogP contribution in [0.5, 0.6) is 11.5 Å². The second-order valence-electron chi connectivity index (χ2n) is 9.87. The zero-order valence-corrected chi connectivity index (χ0v) is 22.7. The summed E-state index contributed by atoms with van der Waals surface area (Å²) in [6.45, 7) is 3.46. The average molecular weight is 566 g/mol. The Morgan fingerprint density at radius 3 is 2.19 bits per heavy atom. The van der Waals surface area contributed by atoms with Crippen LogP contribution in [-0.2, 0) is 6.61 Å². The first-order chi connectivity index (χ1) is 16.7. The van der Waals surface area contributed by atoms with Gasteiger partial charge in [0, 0.05) is 32.2 Å². The average Bonchev–Trinajstić information content (AvgIpc) is 2.83. The smallest absolute Gasteiger partial charge is 0.485 e. The molecule has 0 radical (unpaired) electrons. The number of halogens is 5. The minimum atomic E-state index is -4.84. The summed E-state index contributed by atoms with van der Waals surface area (Å²) in [5.74, 6) is -0.302. The van der Waals surface area contributed by atoms with Crippen molar-refractivity contribution in [3.63, 3.8) is 0 Å². The Morgan fingerprint density at radius 2 is 1.57 bits per heavy atom. The van der Waals surface area contributed by atoms with E-state index in [1.54, 1.807) is 6.07 Å². The number of nitrogens with zero attached hydrogens (tertiary/aromatic N) is 2. The van der Waals surface area contributed by atoms with Gasteiger partial charge in [-0.25, -0.2) is 0 Å². The van der Waals surface area contributed by atoms with Gasteiger partial charge in [0.2, 0.25) is 0 Å². The highest BCUT2D eigenvalue weighted by atomic mass is 35.5. The molecule has 2 fully saturated rings. The number of rotatable bonds is 8. The summed E-state index contributed by atoms with van der Waals surface area (Å²) >= 11 is 0. The molecule has 0 spiro atoms. The zero-order valence-electron chi connectivity index (χ0n) is 21.1. The maximum absolute atomic E-state index is 13.3. The van der Waals surface area contributed by atoms with Gasteiger partial charge in [0.1, 0.15) is 6.61 Å². The van der Waals surface area contributed by atoms with Crippen molar-refractivity contribution in [1.29, 1.82) is 0 Å². The van der Waals surface area contributed by atoms with Gasteiger partial charge in [0.05, 0.1) is 5.60 Å². The van der Waals surface area contributed by atoms with Gasteiger partial charge >= 0.3 is 6.36 Å². The summed E-state index contributed by atoms with van der Waals surface area (Å²) in [6.07, 6.45) is 0.156. The third-order valence-corrected chi connectivity index (χ3v) is 7.15. The molecule has 0 bridgehead atoms. The molecule has 0 aromatic heterocycles. The van der Waals surface area contributed by atoms with Crippen molar-refractivity contribution in [1.82, 2.24) is 9.80 Å². The molecular weight excluding hydrogens is 528 g/mol. The Kier molecular flexibility index (Phi) is 11.8. The highest BCUT2D eigenvalue weighted by molar-refractivity contribution is 5.85. The Labute approximate surface area is 229 Å². The number of hydrogen-bond donors (Lipinski definition) is 1. The Hall–Kier alpha value is -1.71. The molecule has 4 rings (SSSR count). The van der Waals surface area contributed by atoms with E-state index >= 15 is 0 Å². The van der Waals surface area contributed by atoms with E-state index in [4.69, 9.17) is 4.74 Å². The van der Waals surface area contributed by atoms with E-state index in [-0.39, 0.29) is 49.0 Å². The molecule has 1 aliphatic heterocycles. The zero-order chi connectivity index (χ0) is 24.9. The molecule has 1 saturated heterocycles. The van der Waals surface area contributed by atoms with Crippen molar-refractivity contribution in [2.45, 2.75) is 63.1 Å². The highest BCUT2D eigenvalue weighted by Gasteiger charge is 2.37. The lowest BCUT2D eigenvalue weighted by Crippen LogP contribution is -2.48. The van der Waals surface area contributed by atoms with E-state index in [0.717, 1.165) is 63.8 Å². The maximum Gasteiger partial charge on any atom is 0.573 e. The molecule has 2 aromatic rings. The topological polar surface area (TPSA) is 45.2 Å². The molecule has 208 valence electrons.